The van der Waals surface area contributed by atoms with Crippen LogP contribution in [0.25, 0.3) is 5.69 Å². The summed E-state index contributed by atoms with van der Waals surface area (Å²) >= 11 is 0. The molecule has 1 aromatic carbocycles. The fourth-order valence-corrected chi connectivity index (χ4v) is 4.67. The number of hydrogen-bond donors (Lipinski definition) is 0. The van der Waals surface area contributed by atoms with Crippen LogP contribution in [0.5, 0.6) is 0 Å². The Bertz CT molecular complexity index is 854. The highest BCUT2D eigenvalue weighted by Crippen LogP contribution is 2.45. The standard InChI is InChI=1S/C19H21FN4O2/c20-15-4-1-2-5-16(15)24-13-14(11-21-24)12-22-8-6-19-17(22)10-18(25)23(19)7-3-9-26-19/h1-2,4-5,11,13,17H,3,6-10,12H2/t17-,19+/m1/s1. The fourth-order valence-electron chi connectivity index (χ4n) is 4.67. The molecule has 7 heteroatoms. The van der Waals surface area contributed by atoms with Gasteiger partial charge in [0, 0.05) is 44.2 Å². The van der Waals surface area contributed by atoms with Gasteiger partial charge in [-0.05, 0) is 18.6 Å². The molecule has 0 unspecified atom stereocenters. The van der Waals surface area contributed by atoms with Crippen molar-refractivity contribution in [2.24, 2.45) is 0 Å². The third-order valence-electron chi connectivity index (χ3n) is 5.84. The smallest absolute Gasteiger partial charge is 0.226 e. The van der Waals surface area contributed by atoms with E-state index in [1.54, 1.807) is 29.1 Å². The molecular formula is C19H21FN4O2. The molecule has 6 nitrogen and oxygen atoms in total. The number of amides is 1. The van der Waals surface area contributed by atoms with Gasteiger partial charge in [-0.15, -0.1) is 0 Å². The fraction of sp³-hybridized carbons (Fsp3) is 0.474. The Morgan fingerprint density at radius 1 is 1.31 bits per heavy atom. The van der Waals surface area contributed by atoms with Crippen LogP contribution in [-0.4, -0.2) is 57.0 Å². The van der Waals surface area contributed by atoms with Gasteiger partial charge in [0.1, 0.15) is 11.5 Å². The number of carbonyl (C=O) groups excluding carboxylic acids is 1. The Balaban J connectivity index is 1.37. The summed E-state index contributed by atoms with van der Waals surface area (Å²) in [5.74, 6) is -0.101. The number of carbonyl (C=O) groups is 1. The van der Waals surface area contributed by atoms with Gasteiger partial charge in [-0.25, -0.2) is 9.07 Å². The Labute approximate surface area is 151 Å². The molecule has 0 N–H and O–H groups in total. The summed E-state index contributed by atoms with van der Waals surface area (Å²) in [5, 5.41) is 4.31. The van der Waals surface area contributed by atoms with Gasteiger partial charge < -0.3 is 9.64 Å². The third kappa shape index (κ3) is 2.30. The number of para-hydroxylation sites is 1. The number of ether oxygens (including phenoxy) is 1. The quantitative estimate of drug-likeness (QED) is 0.843. The first-order valence-corrected chi connectivity index (χ1v) is 9.14. The van der Waals surface area contributed by atoms with Gasteiger partial charge in [0.2, 0.25) is 5.91 Å². The number of likely N-dealkylation sites (tertiary alicyclic amines) is 1. The third-order valence-corrected chi connectivity index (χ3v) is 5.84. The van der Waals surface area contributed by atoms with Crippen molar-refractivity contribution >= 4 is 5.91 Å². The Morgan fingerprint density at radius 2 is 2.19 bits per heavy atom. The van der Waals surface area contributed by atoms with Gasteiger partial charge in [0.15, 0.2) is 5.72 Å². The first-order valence-electron chi connectivity index (χ1n) is 9.14. The second kappa shape index (κ2) is 5.89. The Hall–Kier alpha value is -2.25. The molecule has 5 rings (SSSR count). The average molecular weight is 356 g/mol. The summed E-state index contributed by atoms with van der Waals surface area (Å²) < 4.78 is 21.7. The van der Waals surface area contributed by atoms with Gasteiger partial charge >= 0.3 is 0 Å². The normalized spacial score (nSPS) is 28.4. The average Bonchev–Trinajstić information content (AvgIpc) is 3.31. The van der Waals surface area contributed by atoms with E-state index in [-0.39, 0.29) is 17.8 Å². The highest BCUT2D eigenvalue weighted by atomic mass is 19.1. The first-order chi connectivity index (χ1) is 12.7. The summed E-state index contributed by atoms with van der Waals surface area (Å²) in [4.78, 5) is 16.7. The first kappa shape index (κ1) is 16.0. The molecule has 3 saturated heterocycles. The van der Waals surface area contributed by atoms with Crippen LogP contribution in [0, 0.1) is 5.82 Å². The van der Waals surface area contributed by atoms with Crippen molar-refractivity contribution in [3.63, 3.8) is 0 Å². The summed E-state index contributed by atoms with van der Waals surface area (Å²) in [5.41, 5.74) is 1.01. The zero-order valence-electron chi connectivity index (χ0n) is 14.5. The molecule has 3 fully saturated rings. The number of benzene rings is 1. The maximum absolute atomic E-state index is 14.0. The Kier molecular flexibility index (Phi) is 3.62. The monoisotopic (exact) mass is 356 g/mol. The molecule has 2 aromatic rings. The molecule has 1 aromatic heterocycles. The maximum atomic E-state index is 14.0. The second-order valence-corrected chi connectivity index (χ2v) is 7.28. The van der Waals surface area contributed by atoms with Crippen molar-refractivity contribution in [1.29, 1.82) is 0 Å². The molecule has 0 bridgehead atoms. The number of hydrogen-bond acceptors (Lipinski definition) is 4. The van der Waals surface area contributed by atoms with E-state index in [4.69, 9.17) is 4.74 Å². The second-order valence-electron chi connectivity index (χ2n) is 7.28. The summed E-state index contributed by atoms with van der Waals surface area (Å²) in [6.07, 6.45) is 5.91. The minimum atomic E-state index is -0.434. The van der Waals surface area contributed by atoms with Crippen LogP contribution >= 0.6 is 0 Å². The van der Waals surface area contributed by atoms with Gasteiger partial charge in [-0.1, -0.05) is 12.1 Å². The molecule has 1 spiro atoms. The summed E-state index contributed by atoms with van der Waals surface area (Å²) in [7, 11) is 0. The predicted octanol–water partition coefficient (Wildman–Crippen LogP) is 1.93. The maximum Gasteiger partial charge on any atom is 0.226 e. The SMILES string of the molecule is O=C1C[C@H]2N(Cc3cnn(-c4ccccc4F)c3)CC[C@]23OCCCN13. The van der Waals surface area contributed by atoms with Crippen LogP contribution < -0.4 is 0 Å². The van der Waals surface area contributed by atoms with Gasteiger partial charge in [0.25, 0.3) is 0 Å². The molecule has 136 valence electrons. The van der Waals surface area contributed by atoms with Crippen LogP contribution in [0.4, 0.5) is 4.39 Å². The van der Waals surface area contributed by atoms with Crippen molar-refractivity contribution in [3.05, 3.63) is 48.0 Å². The highest BCUT2D eigenvalue weighted by molar-refractivity contribution is 5.81. The van der Waals surface area contributed by atoms with E-state index in [0.717, 1.165) is 38.1 Å². The number of aromatic nitrogens is 2. The molecule has 3 aliphatic rings. The number of nitrogens with zero attached hydrogens (tertiary/aromatic N) is 4. The number of rotatable bonds is 3. The van der Waals surface area contributed by atoms with Gasteiger partial charge in [-0.3, -0.25) is 9.69 Å². The van der Waals surface area contributed by atoms with E-state index < -0.39 is 5.72 Å². The zero-order valence-corrected chi connectivity index (χ0v) is 14.5. The zero-order chi connectivity index (χ0) is 17.7. The van der Waals surface area contributed by atoms with Crippen LogP contribution in [-0.2, 0) is 16.1 Å². The topological polar surface area (TPSA) is 50.6 Å². The van der Waals surface area contributed by atoms with E-state index in [9.17, 15) is 9.18 Å². The lowest BCUT2D eigenvalue weighted by molar-refractivity contribution is -0.180. The van der Waals surface area contributed by atoms with E-state index in [0.29, 0.717) is 18.7 Å². The predicted molar refractivity (Wildman–Crippen MR) is 92.0 cm³/mol. The molecule has 3 aliphatic heterocycles. The van der Waals surface area contributed by atoms with Crippen molar-refractivity contribution in [2.75, 3.05) is 19.7 Å². The van der Waals surface area contributed by atoms with Crippen LogP contribution in [0.3, 0.4) is 0 Å². The van der Waals surface area contributed by atoms with E-state index in [1.165, 1.54) is 6.07 Å². The molecule has 0 saturated carbocycles. The molecule has 26 heavy (non-hydrogen) atoms. The lowest BCUT2D eigenvalue weighted by Crippen LogP contribution is -2.56. The molecule has 1 amide bonds. The van der Waals surface area contributed by atoms with Gasteiger partial charge in [-0.2, -0.15) is 5.10 Å². The van der Waals surface area contributed by atoms with Crippen molar-refractivity contribution < 1.29 is 13.9 Å². The summed E-state index contributed by atoms with van der Waals surface area (Å²) in [6.45, 7) is 3.10. The van der Waals surface area contributed by atoms with Gasteiger partial charge in [0.05, 0.1) is 18.8 Å². The van der Waals surface area contributed by atoms with Crippen molar-refractivity contribution in [3.8, 4) is 5.69 Å². The van der Waals surface area contributed by atoms with E-state index >= 15 is 0 Å². The minimum Gasteiger partial charge on any atom is -0.354 e. The molecular weight excluding hydrogens is 335 g/mol. The molecule has 0 aliphatic carbocycles. The molecule has 0 radical (unpaired) electrons. The van der Waals surface area contributed by atoms with Crippen molar-refractivity contribution in [1.82, 2.24) is 19.6 Å². The van der Waals surface area contributed by atoms with Crippen LogP contribution in [0.15, 0.2) is 36.7 Å². The Morgan fingerprint density at radius 3 is 3.08 bits per heavy atom. The van der Waals surface area contributed by atoms with Crippen LogP contribution in [0.1, 0.15) is 24.8 Å². The molecule has 2 atom stereocenters. The minimum absolute atomic E-state index is 0.0899. The summed E-state index contributed by atoms with van der Waals surface area (Å²) in [6, 6.07) is 6.69. The lowest BCUT2D eigenvalue weighted by Gasteiger charge is -2.42. The molecule has 4 heterocycles. The van der Waals surface area contributed by atoms with E-state index in [1.807, 2.05) is 11.1 Å². The largest absolute Gasteiger partial charge is 0.354 e. The van der Waals surface area contributed by atoms with Crippen molar-refractivity contribution in [2.45, 2.75) is 37.6 Å². The lowest BCUT2D eigenvalue weighted by atomic mass is 10.0. The van der Waals surface area contributed by atoms with Crippen LogP contribution in [0.2, 0.25) is 0 Å². The number of halogens is 1. The van der Waals surface area contributed by atoms with E-state index in [2.05, 4.69) is 10.00 Å². The highest BCUT2D eigenvalue weighted by Gasteiger charge is 2.60.